The van der Waals surface area contributed by atoms with Crippen molar-refractivity contribution >= 4 is 0 Å². The molecule has 1 saturated carbocycles. The highest BCUT2D eigenvalue weighted by Gasteiger charge is 2.43. The monoisotopic (exact) mass is 197 g/mol. The van der Waals surface area contributed by atoms with Crippen molar-refractivity contribution in [3.63, 3.8) is 0 Å². The normalized spacial score (nSPS) is 34.9. The number of nitrogens with two attached hydrogens (primary N) is 1. The molecule has 3 atom stereocenters. The average molecular weight is 197 g/mol. The topological polar surface area (TPSA) is 35.2 Å². The molecule has 3 unspecified atom stereocenters. The summed E-state index contributed by atoms with van der Waals surface area (Å²) in [5, 5.41) is 0. The van der Waals surface area contributed by atoms with Crippen molar-refractivity contribution in [1.29, 1.82) is 0 Å². The second-order valence-electron chi connectivity index (χ2n) is 5.36. The average Bonchev–Trinajstić information content (AvgIpc) is 2.14. The molecule has 0 aromatic rings. The third-order valence-corrected chi connectivity index (χ3v) is 4.37. The zero-order chi connectivity index (χ0) is 10.2. The van der Waals surface area contributed by atoms with Crippen LogP contribution in [0.15, 0.2) is 0 Å². The van der Waals surface area contributed by atoms with Crippen molar-refractivity contribution in [2.24, 2.45) is 17.6 Å². The van der Waals surface area contributed by atoms with Gasteiger partial charge in [-0.3, -0.25) is 0 Å². The highest BCUT2D eigenvalue weighted by Crippen LogP contribution is 2.46. The van der Waals surface area contributed by atoms with Crippen molar-refractivity contribution in [3.05, 3.63) is 0 Å². The van der Waals surface area contributed by atoms with E-state index in [9.17, 15) is 0 Å². The van der Waals surface area contributed by atoms with Crippen LogP contribution in [0.25, 0.3) is 0 Å². The summed E-state index contributed by atoms with van der Waals surface area (Å²) < 4.78 is 5.92. The van der Waals surface area contributed by atoms with Crippen molar-refractivity contribution in [2.75, 3.05) is 6.61 Å². The molecule has 2 fully saturated rings. The summed E-state index contributed by atoms with van der Waals surface area (Å²) in [5.41, 5.74) is 6.26. The molecule has 2 rings (SSSR count). The Hall–Kier alpha value is -0.0800. The SMILES string of the molecule is CC(N)C(C)C1CCOC2(CCC2)C1. The van der Waals surface area contributed by atoms with Crippen LogP contribution >= 0.6 is 0 Å². The van der Waals surface area contributed by atoms with E-state index >= 15 is 0 Å². The van der Waals surface area contributed by atoms with Gasteiger partial charge >= 0.3 is 0 Å². The van der Waals surface area contributed by atoms with Gasteiger partial charge in [0.05, 0.1) is 5.60 Å². The lowest BCUT2D eigenvalue weighted by molar-refractivity contribution is -0.150. The molecule has 0 radical (unpaired) electrons. The highest BCUT2D eigenvalue weighted by molar-refractivity contribution is 4.95. The van der Waals surface area contributed by atoms with Gasteiger partial charge in [-0.1, -0.05) is 6.92 Å². The Bertz CT molecular complexity index is 198. The van der Waals surface area contributed by atoms with Gasteiger partial charge in [0.25, 0.3) is 0 Å². The van der Waals surface area contributed by atoms with Crippen LogP contribution in [0, 0.1) is 11.8 Å². The lowest BCUT2D eigenvalue weighted by Crippen LogP contribution is -2.48. The summed E-state index contributed by atoms with van der Waals surface area (Å²) in [6.45, 7) is 5.39. The lowest BCUT2D eigenvalue weighted by Gasteiger charge is -2.49. The number of hydrogen-bond donors (Lipinski definition) is 1. The maximum absolute atomic E-state index is 5.97. The molecule has 2 aliphatic rings. The van der Waals surface area contributed by atoms with Crippen molar-refractivity contribution < 1.29 is 4.74 Å². The van der Waals surface area contributed by atoms with Crippen LogP contribution in [0.3, 0.4) is 0 Å². The Morgan fingerprint density at radius 3 is 2.57 bits per heavy atom. The van der Waals surface area contributed by atoms with Crippen LogP contribution in [0.4, 0.5) is 0 Å². The Morgan fingerprint density at radius 2 is 2.07 bits per heavy atom. The molecule has 14 heavy (non-hydrogen) atoms. The van der Waals surface area contributed by atoms with Crippen molar-refractivity contribution in [2.45, 2.75) is 57.6 Å². The minimum absolute atomic E-state index is 0.284. The predicted molar refractivity (Wildman–Crippen MR) is 58.1 cm³/mol. The fraction of sp³-hybridized carbons (Fsp3) is 1.00. The Labute approximate surface area is 87.2 Å². The van der Waals surface area contributed by atoms with Crippen molar-refractivity contribution in [3.8, 4) is 0 Å². The largest absolute Gasteiger partial charge is 0.375 e. The molecule has 1 heterocycles. The van der Waals surface area contributed by atoms with E-state index in [1.54, 1.807) is 0 Å². The van der Waals surface area contributed by atoms with Crippen LogP contribution in [-0.2, 0) is 4.74 Å². The first-order valence-electron chi connectivity index (χ1n) is 6.02. The molecular weight excluding hydrogens is 174 g/mol. The van der Waals surface area contributed by atoms with Gasteiger partial charge in [0.1, 0.15) is 0 Å². The second-order valence-corrected chi connectivity index (χ2v) is 5.36. The first kappa shape index (κ1) is 10.4. The van der Waals surface area contributed by atoms with E-state index in [-0.39, 0.29) is 5.60 Å². The van der Waals surface area contributed by atoms with Crippen LogP contribution in [-0.4, -0.2) is 18.2 Å². The quantitative estimate of drug-likeness (QED) is 0.737. The first-order valence-corrected chi connectivity index (χ1v) is 6.02. The van der Waals surface area contributed by atoms with E-state index in [1.165, 1.54) is 32.1 Å². The second kappa shape index (κ2) is 3.82. The summed E-state index contributed by atoms with van der Waals surface area (Å²) in [7, 11) is 0. The van der Waals surface area contributed by atoms with Gasteiger partial charge in [0, 0.05) is 12.6 Å². The molecule has 2 N–H and O–H groups in total. The molecule has 1 saturated heterocycles. The van der Waals surface area contributed by atoms with E-state index in [1.807, 2.05) is 0 Å². The summed E-state index contributed by atoms with van der Waals surface area (Å²) in [5.74, 6) is 1.44. The first-order chi connectivity index (χ1) is 6.63. The Balaban J connectivity index is 1.93. The minimum atomic E-state index is 0.284. The van der Waals surface area contributed by atoms with Crippen molar-refractivity contribution in [1.82, 2.24) is 0 Å². The van der Waals surface area contributed by atoms with E-state index in [0.29, 0.717) is 12.0 Å². The maximum atomic E-state index is 5.97. The Morgan fingerprint density at radius 1 is 1.36 bits per heavy atom. The van der Waals surface area contributed by atoms with Gasteiger partial charge in [0.15, 0.2) is 0 Å². The number of rotatable bonds is 2. The molecule has 0 aromatic carbocycles. The molecule has 0 amide bonds. The molecule has 0 bridgehead atoms. The van der Waals surface area contributed by atoms with Gasteiger partial charge in [0.2, 0.25) is 0 Å². The van der Waals surface area contributed by atoms with E-state index in [4.69, 9.17) is 10.5 Å². The smallest absolute Gasteiger partial charge is 0.0685 e. The fourth-order valence-electron chi connectivity index (χ4n) is 2.86. The summed E-state index contributed by atoms with van der Waals surface area (Å²) in [4.78, 5) is 0. The highest BCUT2D eigenvalue weighted by atomic mass is 16.5. The predicted octanol–water partition coefficient (Wildman–Crippen LogP) is 2.32. The number of hydrogen-bond acceptors (Lipinski definition) is 2. The molecule has 1 spiro atoms. The summed E-state index contributed by atoms with van der Waals surface area (Å²) in [6.07, 6.45) is 6.41. The van der Waals surface area contributed by atoms with Gasteiger partial charge in [-0.2, -0.15) is 0 Å². The molecule has 0 aromatic heterocycles. The van der Waals surface area contributed by atoms with Crippen LogP contribution < -0.4 is 5.73 Å². The summed E-state index contributed by atoms with van der Waals surface area (Å²) in [6, 6.07) is 0.329. The minimum Gasteiger partial charge on any atom is -0.375 e. The Kier molecular flexibility index (Phi) is 2.85. The van der Waals surface area contributed by atoms with Crippen LogP contribution in [0.5, 0.6) is 0 Å². The third kappa shape index (κ3) is 1.82. The maximum Gasteiger partial charge on any atom is 0.0685 e. The van der Waals surface area contributed by atoms with E-state index < -0.39 is 0 Å². The van der Waals surface area contributed by atoms with Crippen LogP contribution in [0.1, 0.15) is 46.0 Å². The molecule has 1 aliphatic carbocycles. The fourth-order valence-corrected chi connectivity index (χ4v) is 2.86. The van der Waals surface area contributed by atoms with Crippen LogP contribution in [0.2, 0.25) is 0 Å². The molecule has 2 nitrogen and oxygen atoms in total. The summed E-state index contributed by atoms with van der Waals surface area (Å²) >= 11 is 0. The van der Waals surface area contributed by atoms with E-state index in [2.05, 4.69) is 13.8 Å². The lowest BCUT2D eigenvalue weighted by atomic mass is 9.68. The standard InChI is InChI=1S/C12H23NO/c1-9(10(2)13)11-4-7-14-12(8-11)5-3-6-12/h9-11H,3-8,13H2,1-2H3. The van der Waals surface area contributed by atoms with E-state index in [0.717, 1.165) is 12.5 Å². The zero-order valence-electron chi connectivity index (χ0n) is 9.46. The van der Waals surface area contributed by atoms with Gasteiger partial charge in [-0.25, -0.2) is 0 Å². The van der Waals surface area contributed by atoms with Gasteiger partial charge < -0.3 is 10.5 Å². The molecule has 1 aliphatic heterocycles. The zero-order valence-corrected chi connectivity index (χ0v) is 9.46. The van der Waals surface area contributed by atoms with Gasteiger partial charge in [-0.05, 0) is 50.9 Å². The number of ether oxygens (including phenoxy) is 1. The molecular formula is C12H23NO. The molecule has 2 heteroatoms. The van der Waals surface area contributed by atoms with Gasteiger partial charge in [-0.15, -0.1) is 0 Å². The molecule has 82 valence electrons. The third-order valence-electron chi connectivity index (χ3n) is 4.37.